The summed E-state index contributed by atoms with van der Waals surface area (Å²) in [7, 11) is -2.83. The van der Waals surface area contributed by atoms with E-state index in [9.17, 15) is 8.42 Å². The Kier molecular flexibility index (Phi) is 3.87. The molecule has 2 unspecified atom stereocenters. The quantitative estimate of drug-likeness (QED) is 0.910. The molecule has 3 rings (SSSR count). The van der Waals surface area contributed by atoms with Crippen LogP contribution >= 0.6 is 11.8 Å². The van der Waals surface area contributed by atoms with E-state index in [-0.39, 0.29) is 6.04 Å². The molecule has 1 saturated heterocycles. The molecule has 0 aliphatic carbocycles. The summed E-state index contributed by atoms with van der Waals surface area (Å²) in [5, 5.41) is 3.58. The molecule has 3 nitrogen and oxygen atoms in total. The molecule has 2 heterocycles. The van der Waals surface area contributed by atoms with Gasteiger partial charge in [0.15, 0.2) is 9.84 Å². The van der Waals surface area contributed by atoms with E-state index in [4.69, 9.17) is 0 Å². The summed E-state index contributed by atoms with van der Waals surface area (Å²) in [6.07, 6.45) is 2.85. The van der Waals surface area contributed by atoms with Gasteiger partial charge in [-0.05, 0) is 36.6 Å². The van der Waals surface area contributed by atoms with Crippen molar-refractivity contribution in [2.75, 3.05) is 17.3 Å². The lowest BCUT2D eigenvalue weighted by Gasteiger charge is -2.31. The Hall–Kier alpha value is -0.520. The highest BCUT2D eigenvalue weighted by Gasteiger charge is 2.28. The number of hydrogen-bond donors (Lipinski definition) is 1. The van der Waals surface area contributed by atoms with Crippen LogP contribution in [0.2, 0.25) is 0 Å². The van der Waals surface area contributed by atoms with Crippen LogP contribution in [0, 0.1) is 0 Å². The SMILES string of the molecule is O=S1(=O)CCCC(NC2CCSc3ccccc32)C1. The van der Waals surface area contributed by atoms with Crippen molar-refractivity contribution < 1.29 is 8.42 Å². The van der Waals surface area contributed by atoms with Crippen LogP contribution in [0.5, 0.6) is 0 Å². The average Bonchev–Trinajstić information content (AvgIpc) is 2.38. The first-order valence-electron chi connectivity index (χ1n) is 6.82. The zero-order chi connectivity index (χ0) is 13.3. The van der Waals surface area contributed by atoms with Gasteiger partial charge < -0.3 is 5.32 Å². The summed E-state index contributed by atoms with van der Waals surface area (Å²) in [6.45, 7) is 0. The van der Waals surface area contributed by atoms with Gasteiger partial charge >= 0.3 is 0 Å². The standard InChI is InChI=1S/C14H19NO2S2/c16-19(17)9-3-4-11(10-19)15-13-7-8-18-14-6-2-1-5-12(13)14/h1-2,5-6,11,13,15H,3-4,7-10H2. The molecule has 2 aliphatic rings. The third-order valence-electron chi connectivity index (χ3n) is 3.86. The fourth-order valence-electron chi connectivity index (χ4n) is 2.95. The van der Waals surface area contributed by atoms with Gasteiger partial charge in [0.05, 0.1) is 11.5 Å². The molecule has 2 aliphatic heterocycles. The van der Waals surface area contributed by atoms with Gasteiger partial charge in [0, 0.05) is 17.0 Å². The van der Waals surface area contributed by atoms with Crippen molar-refractivity contribution in [2.24, 2.45) is 0 Å². The molecule has 0 spiro atoms. The summed E-state index contributed by atoms with van der Waals surface area (Å²) < 4.78 is 23.4. The molecule has 1 aromatic rings. The second kappa shape index (κ2) is 5.46. The summed E-state index contributed by atoms with van der Waals surface area (Å²) in [4.78, 5) is 1.34. The normalized spacial score (nSPS) is 29.7. The molecule has 19 heavy (non-hydrogen) atoms. The van der Waals surface area contributed by atoms with Gasteiger partial charge in [-0.1, -0.05) is 18.2 Å². The van der Waals surface area contributed by atoms with E-state index in [1.807, 2.05) is 11.8 Å². The van der Waals surface area contributed by atoms with Crippen molar-refractivity contribution in [1.29, 1.82) is 0 Å². The molecule has 0 bridgehead atoms. The van der Waals surface area contributed by atoms with Crippen molar-refractivity contribution in [3.05, 3.63) is 29.8 Å². The Morgan fingerprint density at radius 1 is 1.21 bits per heavy atom. The van der Waals surface area contributed by atoms with Crippen molar-refractivity contribution >= 4 is 21.6 Å². The maximum atomic E-state index is 11.7. The van der Waals surface area contributed by atoms with E-state index in [1.54, 1.807) is 0 Å². The lowest BCUT2D eigenvalue weighted by atomic mass is 10.0. The third kappa shape index (κ3) is 3.15. The molecule has 1 aromatic carbocycles. The molecule has 0 radical (unpaired) electrons. The highest BCUT2D eigenvalue weighted by Crippen LogP contribution is 2.36. The summed E-state index contributed by atoms with van der Waals surface area (Å²) >= 11 is 1.90. The Bertz CT molecular complexity index is 556. The minimum Gasteiger partial charge on any atom is -0.306 e. The van der Waals surface area contributed by atoms with Crippen LogP contribution in [0.25, 0.3) is 0 Å². The van der Waals surface area contributed by atoms with Crippen molar-refractivity contribution in [3.63, 3.8) is 0 Å². The van der Waals surface area contributed by atoms with Gasteiger partial charge in [-0.25, -0.2) is 8.42 Å². The number of fused-ring (bicyclic) bond motifs is 1. The number of nitrogens with one attached hydrogen (secondary N) is 1. The van der Waals surface area contributed by atoms with Gasteiger partial charge in [0.2, 0.25) is 0 Å². The number of rotatable bonds is 2. The van der Waals surface area contributed by atoms with Gasteiger partial charge in [-0.15, -0.1) is 11.8 Å². The highest BCUT2D eigenvalue weighted by atomic mass is 32.2. The highest BCUT2D eigenvalue weighted by molar-refractivity contribution is 7.99. The third-order valence-corrected chi connectivity index (χ3v) is 6.80. The monoisotopic (exact) mass is 297 g/mol. The number of hydrogen-bond acceptors (Lipinski definition) is 4. The fourth-order valence-corrected chi connectivity index (χ4v) is 5.73. The maximum Gasteiger partial charge on any atom is 0.151 e. The minimum atomic E-state index is -2.83. The molecule has 5 heteroatoms. The fraction of sp³-hybridized carbons (Fsp3) is 0.571. The first-order chi connectivity index (χ1) is 9.14. The number of benzene rings is 1. The zero-order valence-electron chi connectivity index (χ0n) is 10.8. The Labute approximate surface area is 119 Å². The van der Waals surface area contributed by atoms with Gasteiger partial charge in [-0.3, -0.25) is 0 Å². The molecule has 1 fully saturated rings. The van der Waals surface area contributed by atoms with Crippen molar-refractivity contribution in [1.82, 2.24) is 5.32 Å². The predicted octanol–water partition coefficient (Wildman–Crippen LogP) is 2.39. The Balaban J connectivity index is 1.74. The van der Waals surface area contributed by atoms with Crippen LogP contribution in [0.4, 0.5) is 0 Å². The molecular formula is C14H19NO2S2. The second-order valence-corrected chi connectivity index (χ2v) is 8.71. The van der Waals surface area contributed by atoms with Crippen LogP contribution in [-0.4, -0.2) is 31.7 Å². The first kappa shape index (κ1) is 13.5. The van der Waals surface area contributed by atoms with Gasteiger partial charge in [0.1, 0.15) is 0 Å². The molecule has 0 aromatic heterocycles. The molecule has 0 saturated carbocycles. The summed E-state index contributed by atoms with van der Waals surface area (Å²) in [5.41, 5.74) is 1.33. The van der Waals surface area contributed by atoms with E-state index in [1.165, 1.54) is 10.5 Å². The summed E-state index contributed by atoms with van der Waals surface area (Å²) in [6, 6.07) is 8.90. The lowest BCUT2D eigenvalue weighted by molar-refractivity contribution is 0.409. The molecule has 2 atom stereocenters. The Morgan fingerprint density at radius 2 is 2.05 bits per heavy atom. The first-order valence-corrected chi connectivity index (χ1v) is 9.63. The minimum absolute atomic E-state index is 0.125. The largest absolute Gasteiger partial charge is 0.306 e. The van der Waals surface area contributed by atoms with Crippen LogP contribution in [0.3, 0.4) is 0 Å². The van der Waals surface area contributed by atoms with Gasteiger partial charge in [-0.2, -0.15) is 0 Å². The van der Waals surface area contributed by atoms with Crippen molar-refractivity contribution in [2.45, 2.75) is 36.2 Å². The Morgan fingerprint density at radius 3 is 2.89 bits per heavy atom. The summed E-state index contributed by atoms with van der Waals surface area (Å²) in [5.74, 6) is 1.77. The molecule has 104 valence electrons. The number of thioether (sulfide) groups is 1. The topological polar surface area (TPSA) is 46.2 Å². The lowest BCUT2D eigenvalue weighted by Crippen LogP contribution is -2.42. The zero-order valence-corrected chi connectivity index (χ0v) is 12.5. The van der Waals surface area contributed by atoms with Crippen LogP contribution in [0.1, 0.15) is 30.9 Å². The predicted molar refractivity (Wildman–Crippen MR) is 79.3 cm³/mol. The average molecular weight is 297 g/mol. The van der Waals surface area contributed by atoms with Gasteiger partial charge in [0.25, 0.3) is 0 Å². The van der Waals surface area contributed by atoms with E-state index in [0.29, 0.717) is 17.5 Å². The smallest absolute Gasteiger partial charge is 0.151 e. The van der Waals surface area contributed by atoms with E-state index in [2.05, 4.69) is 29.6 Å². The molecule has 1 N–H and O–H groups in total. The maximum absolute atomic E-state index is 11.7. The van der Waals surface area contributed by atoms with Crippen LogP contribution in [-0.2, 0) is 9.84 Å². The molecule has 0 amide bonds. The van der Waals surface area contributed by atoms with E-state index >= 15 is 0 Å². The van der Waals surface area contributed by atoms with Crippen molar-refractivity contribution in [3.8, 4) is 0 Å². The van der Waals surface area contributed by atoms with Crippen LogP contribution < -0.4 is 5.32 Å². The molecular weight excluding hydrogens is 278 g/mol. The second-order valence-electron chi connectivity index (χ2n) is 5.35. The van der Waals surface area contributed by atoms with E-state index < -0.39 is 9.84 Å². The number of sulfone groups is 1. The van der Waals surface area contributed by atoms with Crippen LogP contribution in [0.15, 0.2) is 29.2 Å². The van der Waals surface area contributed by atoms with E-state index in [0.717, 1.165) is 25.0 Å².